The molecule has 0 fully saturated rings. The third-order valence-electron chi connectivity index (χ3n) is 8.69. The first kappa shape index (κ1) is 51.7. The number of carbonyl (C=O) groups is 1. The van der Waals surface area contributed by atoms with Crippen molar-refractivity contribution < 1.29 is 61.7 Å². The van der Waals surface area contributed by atoms with Gasteiger partial charge in [0.05, 0.1) is 125 Å². The molecule has 2 aromatic rings. The smallest absolute Gasteiger partial charge is 0.411 e. The number of ether oxygens (including phenoxy) is 11. The minimum absolute atomic E-state index is 0.0796. The molecule has 0 spiro atoms. The molecular formula is C44H70N2O13. The second-order valence-electron chi connectivity index (χ2n) is 15.3. The molecule has 1 amide bonds. The van der Waals surface area contributed by atoms with Gasteiger partial charge in [-0.05, 0) is 66.0 Å². The minimum Gasteiger partial charge on any atom is -0.491 e. The molecule has 0 aliphatic carbocycles. The summed E-state index contributed by atoms with van der Waals surface area (Å²) >= 11 is 0. The van der Waals surface area contributed by atoms with Gasteiger partial charge in [-0.2, -0.15) is 4.99 Å². The number of nitrogens with zero attached hydrogens (tertiary/aromatic N) is 1. The molecule has 1 N–H and O–H groups in total. The Morgan fingerprint density at radius 1 is 0.559 bits per heavy atom. The monoisotopic (exact) mass is 834 g/mol. The minimum atomic E-state index is -0.634. The van der Waals surface area contributed by atoms with Crippen LogP contribution in [0, 0.1) is 12.3 Å². The molecule has 0 saturated heterocycles. The average Bonchev–Trinajstić information content (AvgIpc) is 3.20. The van der Waals surface area contributed by atoms with E-state index < -0.39 is 6.09 Å². The third-order valence-corrected chi connectivity index (χ3v) is 8.69. The van der Waals surface area contributed by atoms with Crippen LogP contribution in [0.2, 0.25) is 0 Å². The lowest BCUT2D eigenvalue weighted by Gasteiger charge is -2.29. The Balaban J connectivity index is 1.23. The van der Waals surface area contributed by atoms with Gasteiger partial charge >= 0.3 is 6.09 Å². The molecule has 15 heteroatoms. The number of amides is 1. The summed E-state index contributed by atoms with van der Waals surface area (Å²) < 4.78 is 60.5. The number of hydrogen-bond acceptors (Lipinski definition) is 14. The number of isocyanates is 1. The van der Waals surface area contributed by atoms with Crippen LogP contribution in [-0.2, 0) is 57.6 Å². The maximum Gasteiger partial charge on any atom is 0.411 e. The molecule has 2 aromatic carbocycles. The van der Waals surface area contributed by atoms with Gasteiger partial charge < -0.3 is 52.1 Å². The fourth-order valence-electron chi connectivity index (χ4n) is 5.12. The van der Waals surface area contributed by atoms with Crippen LogP contribution in [-0.4, -0.2) is 144 Å². The van der Waals surface area contributed by atoms with Crippen molar-refractivity contribution in [3.63, 3.8) is 0 Å². The van der Waals surface area contributed by atoms with Gasteiger partial charge in [0.1, 0.15) is 19.0 Å². The molecule has 334 valence electrons. The summed E-state index contributed by atoms with van der Waals surface area (Å²) in [5, 5.41) is 2.57. The van der Waals surface area contributed by atoms with Gasteiger partial charge in [-0.15, -0.1) is 0 Å². The van der Waals surface area contributed by atoms with E-state index in [1.165, 1.54) is 18.1 Å². The third kappa shape index (κ3) is 27.8. The lowest BCUT2D eigenvalue weighted by atomic mass is 9.76. The summed E-state index contributed by atoms with van der Waals surface area (Å²) in [4.78, 5) is 26.0. The number of hydrogen-bond donors (Lipinski definition) is 1. The Morgan fingerprint density at radius 3 is 1.37 bits per heavy atom. The molecule has 0 aliphatic heterocycles. The van der Waals surface area contributed by atoms with Gasteiger partial charge in [0, 0.05) is 5.69 Å². The van der Waals surface area contributed by atoms with Crippen molar-refractivity contribution >= 4 is 23.5 Å². The maximum absolute atomic E-state index is 11.9. The number of benzene rings is 2. The first-order valence-corrected chi connectivity index (χ1v) is 20.6. The lowest BCUT2D eigenvalue weighted by Crippen LogP contribution is -2.20. The van der Waals surface area contributed by atoms with E-state index >= 15 is 0 Å². The van der Waals surface area contributed by atoms with Crippen molar-refractivity contribution in [3.8, 4) is 5.75 Å². The zero-order valence-electron chi connectivity index (χ0n) is 36.4. The Labute approximate surface area is 351 Å². The van der Waals surface area contributed by atoms with Crippen molar-refractivity contribution in [1.29, 1.82) is 0 Å². The zero-order valence-corrected chi connectivity index (χ0v) is 36.4. The van der Waals surface area contributed by atoms with E-state index in [1.807, 2.05) is 12.1 Å². The summed E-state index contributed by atoms with van der Waals surface area (Å²) in [7, 11) is 0. The lowest BCUT2D eigenvalue weighted by molar-refractivity contribution is -0.0259. The van der Waals surface area contributed by atoms with Crippen LogP contribution in [0.15, 0.2) is 47.5 Å². The molecule has 15 nitrogen and oxygen atoms in total. The largest absolute Gasteiger partial charge is 0.491 e. The molecule has 0 aliphatic rings. The van der Waals surface area contributed by atoms with Crippen molar-refractivity contribution in [1.82, 2.24) is 0 Å². The zero-order chi connectivity index (χ0) is 42.9. The van der Waals surface area contributed by atoms with Gasteiger partial charge in [-0.3, -0.25) is 5.32 Å². The number of carbonyl (C=O) groups excluding carboxylic acids is 2. The predicted molar refractivity (Wildman–Crippen MR) is 225 cm³/mol. The van der Waals surface area contributed by atoms with Gasteiger partial charge in [0.15, 0.2) is 0 Å². The molecular weight excluding hydrogens is 764 g/mol. The summed E-state index contributed by atoms with van der Waals surface area (Å²) in [5.41, 5.74) is 3.48. The second-order valence-corrected chi connectivity index (χ2v) is 15.3. The molecule has 59 heavy (non-hydrogen) atoms. The highest BCUT2D eigenvalue weighted by molar-refractivity contribution is 5.85. The van der Waals surface area contributed by atoms with E-state index in [-0.39, 0.29) is 18.6 Å². The first-order valence-electron chi connectivity index (χ1n) is 20.6. The van der Waals surface area contributed by atoms with Crippen LogP contribution in [0.25, 0.3) is 0 Å². The van der Waals surface area contributed by atoms with E-state index in [9.17, 15) is 9.59 Å². The molecule has 2 rings (SSSR count). The highest BCUT2D eigenvalue weighted by Crippen LogP contribution is 2.34. The van der Waals surface area contributed by atoms with E-state index in [2.05, 4.69) is 57.1 Å². The van der Waals surface area contributed by atoms with Crippen LogP contribution in [0.4, 0.5) is 16.2 Å². The molecule has 0 saturated carbocycles. The summed E-state index contributed by atoms with van der Waals surface area (Å²) in [6.07, 6.45) is 3.19. The number of anilines is 1. The fourth-order valence-corrected chi connectivity index (χ4v) is 5.12. The standard InChI is InChI=1S/C44H70N2O13/c1-37-7-10-39(35-41(37)45-36-47)46-42(48)59-34-32-57-30-28-55-26-24-53-22-20-51-18-16-49-15-17-50-19-21-52-23-25-54-27-29-56-31-33-58-40-11-8-38(9-12-40)44(5,6)14-13-43(2,3)4/h7-12,35H,13-34H2,1-6H3,(H,46,48). The van der Waals surface area contributed by atoms with E-state index in [1.54, 1.807) is 25.1 Å². The number of rotatable bonds is 36. The van der Waals surface area contributed by atoms with Crippen LogP contribution >= 0.6 is 0 Å². The Hall–Kier alpha value is -3.47. The van der Waals surface area contributed by atoms with Crippen molar-refractivity contribution in [2.24, 2.45) is 10.4 Å². The van der Waals surface area contributed by atoms with Crippen molar-refractivity contribution in [2.75, 3.05) is 137 Å². The van der Waals surface area contributed by atoms with Gasteiger partial charge in [0.25, 0.3) is 0 Å². The van der Waals surface area contributed by atoms with Gasteiger partial charge in [0.2, 0.25) is 6.08 Å². The SMILES string of the molecule is Cc1ccc(NC(=O)OCCOCCOCCOCCOCCOCCOCCOCCOCCOCCOc2ccc(C(C)(C)CCC(C)(C)C)cc2)cc1N=C=O. The van der Waals surface area contributed by atoms with Gasteiger partial charge in [-0.1, -0.05) is 52.8 Å². The van der Waals surface area contributed by atoms with Crippen LogP contribution in [0.5, 0.6) is 5.75 Å². The Morgan fingerprint density at radius 2 is 0.966 bits per heavy atom. The van der Waals surface area contributed by atoms with Crippen molar-refractivity contribution in [2.45, 2.75) is 59.8 Å². The topological polar surface area (TPSA) is 160 Å². The number of aliphatic imine (C=N–C) groups is 1. The molecule has 0 heterocycles. The van der Waals surface area contributed by atoms with E-state index in [0.29, 0.717) is 136 Å². The van der Waals surface area contributed by atoms with Crippen molar-refractivity contribution in [3.05, 3.63) is 53.6 Å². The normalized spacial score (nSPS) is 11.7. The molecule has 0 radical (unpaired) electrons. The quantitative estimate of drug-likeness (QED) is 0.0432. The van der Waals surface area contributed by atoms with Crippen LogP contribution in [0.3, 0.4) is 0 Å². The van der Waals surface area contributed by atoms with Crippen LogP contribution < -0.4 is 10.1 Å². The number of aryl methyl sites for hydroxylation is 1. The highest BCUT2D eigenvalue weighted by Gasteiger charge is 2.23. The summed E-state index contributed by atoms with van der Waals surface area (Å²) in [6, 6.07) is 13.4. The maximum atomic E-state index is 11.9. The summed E-state index contributed by atoms with van der Waals surface area (Å²) in [5.74, 6) is 0.857. The number of nitrogens with one attached hydrogen (secondary N) is 1. The Bertz CT molecular complexity index is 1410. The molecule has 0 atom stereocenters. The first-order chi connectivity index (χ1) is 28.5. The predicted octanol–water partition coefficient (Wildman–Crippen LogP) is 6.84. The van der Waals surface area contributed by atoms with E-state index in [0.717, 1.165) is 17.7 Å². The van der Waals surface area contributed by atoms with Crippen LogP contribution in [0.1, 0.15) is 58.6 Å². The van der Waals surface area contributed by atoms with E-state index in [4.69, 9.17) is 52.1 Å². The average molecular weight is 835 g/mol. The second kappa shape index (κ2) is 32.3. The molecule has 0 unspecified atom stereocenters. The fraction of sp³-hybridized carbons (Fsp3) is 0.682. The summed E-state index contributed by atoms with van der Waals surface area (Å²) in [6.45, 7) is 22.0. The highest BCUT2D eigenvalue weighted by atomic mass is 16.6. The van der Waals surface area contributed by atoms with Gasteiger partial charge in [-0.25, -0.2) is 9.59 Å². The molecule has 0 bridgehead atoms. The molecule has 0 aromatic heterocycles. The Kier molecular flexibility index (Phi) is 28.3.